The lowest BCUT2D eigenvalue weighted by Gasteiger charge is -2.20. The van der Waals surface area contributed by atoms with Crippen molar-refractivity contribution < 1.29 is 9.53 Å². The van der Waals surface area contributed by atoms with E-state index < -0.39 is 5.60 Å². The quantitative estimate of drug-likeness (QED) is 0.728. The van der Waals surface area contributed by atoms with Gasteiger partial charge in [-0.15, -0.1) is 0 Å². The first-order valence-electron chi connectivity index (χ1n) is 5.53. The summed E-state index contributed by atoms with van der Waals surface area (Å²) in [6.45, 7) is 10.3. The molecule has 0 fully saturated rings. The third kappa shape index (κ3) is 8.03. The number of rotatable bonds is 4. The van der Waals surface area contributed by atoms with Crippen LogP contribution in [0, 0.1) is 0 Å². The van der Waals surface area contributed by atoms with E-state index in [0.29, 0.717) is 6.54 Å². The number of hydrogen-bond donors (Lipinski definition) is 1. The highest BCUT2D eigenvalue weighted by Gasteiger charge is 2.15. The summed E-state index contributed by atoms with van der Waals surface area (Å²) >= 11 is 0. The van der Waals surface area contributed by atoms with Gasteiger partial charge in [-0.05, 0) is 33.6 Å². The molecule has 0 rings (SSSR count). The van der Waals surface area contributed by atoms with Crippen LogP contribution in [0.3, 0.4) is 0 Å². The van der Waals surface area contributed by atoms with Crippen molar-refractivity contribution in [2.75, 3.05) is 6.54 Å². The summed E-state index contributed by atoms with van der Waals surface area (Å²) in [7, 11) is 0. The van der Waals surface area contributed by atoms with Crippen LogP contribution in [0.5, 0.6) is 0 Å². The number of carbonyl (C=O) groups is 1. The van der Waals surface area contributed by atoms with Crippen molar-refractivity contribution in [3.05, 3.63) is 11.6 Å². The average Bonchev–Trinajstić information content (AvgIpc) is 2.09. The molecule has 0 bridgehead atoms. The van der Waals surface area contributed by atoms with Crippen molar-refractivity contribution in [1.29, 1.82) is 0 Å². The zero-order chi connectivity index (χ0) is 11.9. The molecule has 0 heterocycles. The molecule has 1 amide bonds. The van der Waals surface area contributed by atoms with E-state index in [1.165, 1.54) is 5.57 Å². The maximum atomic E-state index is 11.3. The van der Waals surface area contributed by atoms with Gasteiger partial charge in [-0.2, -0.15) is 0 Å². The molecule has 0 aromatic carbocycles. The SMILES string of the molecule is CC/C=C(\CC)CNC(=O)OC(C)(C)C. The molecular weight excluding hydrogens is 190 g/mol. The van der Waals surface area contributed by atoms with Crippen LogP contribution in [0.4, 0.5) is 4.79 Å². The van der Waals surface area contributed by atoms with E-state index in [9.17, 15) is 4.79 Å². The van der Waals surface area contributed by atoms with Gasteiger partial charge >= 0.3 is 6.09 Å². The van der Waals surface area contributed by atoms with E-state index >= 15 is 0 Å². The first-order chi connectivity index (χ1) is 6.89. The minimum absolute atomic E-state index is 0.349. The van der Waals surface area contributed by atoms with Crippen LogP contribution in [0.25, 0.3) is 0 Å². The van der Waals surface area contributed by atoms with Gasteiger partial charge < -0.3 is 10.1 Å². The molecule has 3 heteroatoms. The van der Waals surface area contributed by atoms with Crippen LogP contribution in [0.2, 0.25) is 0 Å². The lowest BCUT2D eigenvalue weighted by molar-refractivity contribution is 0.0532. The third-order valence-corrected chi connectivity index (χ3v) is 1.81. The Morgan fingerprint density at radius 1 is 1.33 bits per heavy atom. The Morgan fingerprint density at radius 3 is 2.33 bits per heavy atom. The maximum Gasteiger partial charge on any atom is 0.407 e. The number of amides is 1. The molecule has 0 aromatic rings. The highest BCUT2D eigenvalue weighted by molar-refractivity contribution is 5.68. The number of nitrogens with one attached hydrogen (secondary N) is 1. The molecule has 15 heavy (non-hydrogen) atoms. The Balaban J connectivity index is 3.94. The predicted molar refractivity (Wildman–Crippen MR) is 62.9 cm³/mol. The first-order valence-corrected chi connectivity index (χ1v) is 5.53. The molecule has 0 aliphatic rings. The fraction of sp³-hybridized carbons (Fsp3) is 0.750. The second kappa shape index (κ2) is 6.49. The van der Waals surface area contributed by atoms with E-state index in [4.69, 9.17) is 4.74 Å². The van der Waals surface area contributed by atoms with E-state index in [0.717, 1.165) is 12.8 Å². The number of hydrogen-bond acceptors (Lipinski definition) is 2. The number of carbonyl (C=O) groups excluding carboxylic acids is 1. The molecule has 1 N–H and O–H groups in total. The summed E-state index contributed by atoms with van der Waals surface area (Å²) in [6.07, 6.45) is 3.75. The minimum atomic E-state index is -0.426. The van der Waals surface area contributed by atoms with Gasteiger partial charge in [0.15, 0.2) is 0 Å². The lowest BCUT2D eigenvalue weighted by atomic mass is 10.2. The maximum absolute atomic E-state index is 11.3. The van der Waals surface area contributed by atoms with Gasteiger partial charge in [0.05, 0.1) is 0 Å². The van der Waals surface area contributed by atoms with Crippen molar-refractivity contribution in [1.82, 2.24) is 5.32 Å². The van der Waals surface area contributed by atoms with Gasteiger partial charge in [-0.3, -0.25) is 0 Å². The Hall–Kier alpha value is -0.990. The van der Waals surface area contributed by atoms with Gasteiger partial charge in [0.1, 0.15) is 5.60 Å². The van der Waals surface area contributed by atoms with E-state index in [1.807, 2.05) is 20.8 Å². The molecule has 3 nitrogen and oxygen atoms in total. The molecule has 0 aromatic heterocycles. The van der Waals surface area contributed by atoms with Crippen molar-refractivity contribution in [3.63, 3.8) is 0 Å². The van der Waals surface area contributed by atoms with Crippen LogP contribution in [-0.4, -0.2) is 18.2 Å². The molecule has 0 saturated heterocycles. The van der Waals surface area contributed by atoms with Gasteiger partial charge in [0, 0.05) is 6.54 Å². The van der Waals surface area contributed by atoms with E-state index in [-0.39, 0.29) is 6.09 Å². The molecule has 0 aliphatic carbocycles. The number of alkyl carbamates (subject to hydrolysis) is 1. The largest absolute Gasteiger partial charge is 0.444 e. The van der Waals surface area contributed by atoms with E-state index in [2.05, 4.69) is 25.2 Å². The molecule has 0 unspecified atom stereocenters. The Labute approximate surface area is 92.9 Å². The smallest absolute Gasteiger partial charge is 0.407 e. The normalized spacial score (nSPS) is 12.5. The monoisotopic (exact) mass is 213 g/mol. The van der Waals surface area contributed by atoms with Crippen LogP contribution in [0.15, 0.2) is 11.6 Å². The highest BCUT2D eigenvalue weighted by Crippen LogP contribution is 2.07. The molecule has 0 atom stereocenters. The van der Waals surface area contributed by atoms with Crippen LogP contribution in [-0.2, 0) is 4.74 Å². The predicted octanol–water partition coefficient (Wildman–Crippen LogP) is 3.26. The zero-order valence-corrected chi connectivity index (χ0v) is 10.5. The zero-order valence-electron chi connectivity index (χ0n) is 10.5. The standard InChI is InChI=1S/C12H23NO2/c1-6-8-10(7-2)9-13-11(14)15-12(3,4)5/h8H,6-7,9H2,1-5H3,(H,13,14)/b10-8+. The first kappa shape index (κ1) is 14.0. The summed E-state index contributed by atoms with van der Waals surface area (Å²) in [4.78, 5) is 11.3. The fourth-order valence-corrected chi connectivity index (χ4v) is 1.13. The van der Waals surface area contributed by atoms with Gasteiger partial charge in [0.2, 0.25) is 0 Å². The molecule has 0 radical (unpaired) electrons. The summed E-state index contributed by atoms with van der Waals surface area (Å²) < 4.78 is 5.13. The highest BCUT2D eigenvalue weighted by atomic mass is 16.6. The van der Waals surface area contributed by atoms with Gasteiger partial charge in [-0.25, -0.2) is 4.79 Å². The minimum Gasteiger partial charge on any atom is -0.444 e. The summed E-state index contributed by atoms with van der Waals surface area (Å²) in [5, 5.41) is 2.75. The van der Waals surface area contributed by atoms with E-state index in [1.54, 1.807) is 0 Å². The second-order valence-corrected chi connectivity index (χ2v) is 4.48. The number of ether oxygens (including phenoxy) is 1. The topological polar surface area (TPSA) is 38.3 Å². The average molecular weight is 213 g/mol. The van der Waals surface area contributed by atoms with Crippen LogP contribution in [0.1, 0.15) is 47.5 Å². The molecule has 0 saturated carbocycles. The summed E-state index contributed by atoms with van der Waals surface area (Å²) in [5.41, 5.74) is 0.814. The van der Waals surface area contributed by atoms with Gasteiger partial charge in [0.25, 0.3) is 0 Å². The Bertz CT molecular complexity index is 226. The summed E-state index contributed by atoms with van der Waals surface area (Å²) in [6, 6.07) is 0. The van der Waals surface area contributed by atoms with Crippen molar-refractivity contribution in [3.8, 4) is 0 Å². The fourth-order valence-electron chi connectivity index (χ4n) is 1.13. The molecule has 0 aliphatic heterocycles. The lowest BCUT2D eigenvalue weighted by Crippen LogP contribution is -2.33. The van der Waals surface area contributed by atoms with Gasteiger partial charge in [-0.1, -0.05) is 25.5 Å². The second-order valence-electron chi connectivity index (χ2n) is 4.48. The third-order valence-electron chi connectivity index (χ3n) is 1.81. The van der Waals surface area contributed by atoms with Crippen molar-refractivity contribution >= 4 is 6.09 Å². The molecule has 0 spiro atoms. The number of allylic oxidation sites excluding steroid dienone is 1. The Morgan fingerprint density at radius 2 is 1.93 bits per heavy atom. The summed E-state index contributed by atoms with van der Waals surface area (Å²) in [5.74, 6) is 0. The Kier molecular flexibility index (Phi) is 6.06. The van der Waals surface area contributed by atoms with Crippen molar-refractivity contribution in [2.45, 2.75) is 53.1 Å². The molecule has 88 valence electrons. The van der Waals surface area contributed by atoms with Crippen LogP contribution < -0.4 is 5.32 Å². The molecular formula is C12H23NO2. The van der Waals surface area contributed by atoms with Crippen LogP contribution >= 0.6 is 0 Å². The van der Waals surface area contributed by atoms with Crippen molar-refractivity contribution in [2.24, 2.45) is 0 Å².